The summed E-state index contributed by atoms with van der Waals surface area (Å²) in [6.07, 6.45) is -4.50. The van der Waals surface area contributed by atoms with Crippen LogP contribution in [0.2, 0.25) is 0 Å². The Bertz CT molecular complexity index is 731. The lowest BCUT2D eigenvalue weighted by atomic mass is 10.0. The number of hydrogen-bond acceptors (Lipinski definition) is 7. The third-order valence-electron chi connectivity index (χ3n) is 3.50. The van der Waals surface area contributed by atoms with Gasteiger partial charge in [0.05, 0.1) is 12.1 Å². The number of rotatable bonds is 7. The van der Waals surface area contributed by atoms with Crippen molar-refractivity contribution in [1.82, 2.24) is 4.98 Å². The first kappa shape index (κ1) is 17.1. The SMILES string of the molecule is O=C[C@@H](Nc1ccc2ccc(=O)[nH]c2c1)[C@H](O)[C@@H](O)[C@@H](O)CO. The third kappa shape index (κ3) is 3.93. The molecule has 0 bridgehead atoms. The van der Waals surface area contributed by atoms with Crippen LogP contribution in [-0.2, 0) is 4.79 Å². The molecule has 0 aliphatic heterocycles. The van der Waals surface area contributed by atoms with Crippen molar-refractivity contribution in [3.8, 4) is 0 Å². The maximum atomic E-state index is 11.3. The number of carbonyl (C=O) groups is 1. The highest BCUT2D eigenvalue weighted by Gasteiger charge is 2.31. The Morgan fingerprint density at radius 2 is 1.83 bits per heavy atom. The molecular formula is C15H18N2O6. The Kier molecular flexibility index (Phi) is 5.45. The van der Waals surface area contributed by atoms with Gasteiger partial charge in [-0.05, 0) is 23.6 Å². The van der Waals surface area contributed by atoms with Crippen molar-refractivity contribution in [3.63, 3.8) is 0 Å². The molecule has 6 N–H and O–H groups in total. The maximum absolute atomic E-state index is 11.3. The average Bonchev–Trinajstić information content (AvgIpc) is 2.57. The van der Waals surface area contributed by atoms with Crippen LogP contribution in [0.5, 0.6) is 0 Å². The molecule has 1 aromatic heterocycles. The van der Waals surface area contributed by atoms with Crippen molar-refractivity contribution in [3.05, 3.63) is 40.7 Å². The van der Waals surface area contributed by atoms with E-state index in [1.165, 1.54) is 6.07 Å². The van der Waals surface area contributed by atoms with E-state index in [2.05, 4.69) is 10.3 Å². The summed E-state index contributed by atoms with van der Waals surface area (Å²) < 4.78 is 0. The van der Waals surface area contributed by atoms with Crippen molar-refractivity contribution in [2.45, 2.75) is 24.4 Å². The molecule has 0 radical (unpaired) electrons. The largest absolute Gasteiger partial charge is 0.394 e. The fourth-order valence-electron chi connectivity index (χ4n) is 2.18. The van der Waals surface area contributed by atoms with Gasteiger partial charge in [-0.15, -0.1) is 0 Å². The molecule has 124 valence electrons. The number of aliphatic hydroxyl groups is 4. The number of benzene rings is 1. The van der Waals surface area contributed by atoms with Crippen LogP contribution in [0.3, 0.4) is 0 Å². The Labute approximate surface area is 131 Å². The number of nitrogens with one attached hydrogen (secondary N) is 2. The minimum absolute atomic E-state index is 0.275. The molecule has 0 saturated heterocycles. The number of aromatic amines is 1. The lowest BCUT2D eigenvalue weighted by Crippen LogP contribution is -2.49. The molecule has 4 atom stereocenters. The summed E-state index contributed by atoms with van der Waals surface area (Å²) in [5.74, 6) is 0. The Hall–Kier alpha value is -2.26. The van der Waals surface area contributed by atoms with Gasteiger partial charge < -0.3 is 35.5 Å². The molecule has 0 aliphatic rings. The van der Waals surface area contributed by atoms with E-state index in [4.69, 9.17) is 5.11 Å². The standard InChI is InChI=1S/C15H18N2O6/c18-6-11(14(22)15(23)12(20)7-19)16-9-3-1-8-2-4-13(21)17-10(8)5-9/h1-6,11-12,14-16,19-20,22-23H,7H2,(H,17,21)/t11-,12+,14+,15+/m1/s1. The summed E-state index contributed by atoms with van der Waals surface area (Å²) in [6, 6.07) is 6.75. The van der Waals surface area contributed by atoms with Gasteiger partial charge >= 0.3 is 0 Å². The van der Waals surface area contributed by atoms with Gasteiger partial charge in [-0.3, -0.25) is 4.79 Å². The van der Waals surface area contributed by atoms with Gasteiger partial charge in [0.25, 0.3) is 0 Å². The molecule has 1 heterocycles. The number of aldehydes is 1. The number of anilines is 1. The molecule has 2 aromatic rings. The zero-order valence-corrected chi connectivity index (χ0v) is 12.1. The molecule has 0 unspecified atom stereocenters. The zero-order valence-electron chi connectivity index (χ0n) is 12.1. The van der Waals surface area contributed by atoms with E-state index in [-0.39, 0.29) is 5.56 Å². The first-order valence-corrected chi connectivity index (χ1v) is 6.96. The molecular weight excluding hydrogens is 304 g/mol. The highest BCUT2D eigenvalue weighted by atomic mass is 16.4. The van der Waals surface area contributed by atoms with Crippen LogP contribution >= 0.6 is 0 Å². The lowest BCUT2D eigenvalue weighted by Gasteiger charge is -2.26. The molecule has 0 amide bonds. The minimum atomic E-state index is -1.69. The molecule has 0 aliphatic carbocycles. The second-order valence-electron chi connectivity index (χ2n) is 5.16. The van der Waals surface area contributed by atoms with E-state index >= 15 is 0 Å². The average molecular weight is 322 g/mol. The van der Waals surface area contributed by atoms with Gasteiger partial charge in [0, 0.05) is 11.8 Å². The Morgan fingerprint density at radius 3 is 2.48 bits per heavy atom. The quantitative estimate of drug-likeness (QED) is 0.343. The topological polar surface area (TPSA) is 143 Å². The molecule has 0 fully saturated rings. The van der Waals surface area contributed by atoms with Gasteiger partial charge in [0.1, 0.15) is 30.6 Å². The van der Waals surface area contributed by atoms with Crippen LogP contribution < -0.4 is 10.9 Å². The zero-order chi connectivity index (χ0) is 17.0. The van der Waals surface area contributed by atoms with Crippen molar-refractivity contribution >= 4 is 22.9 Å². The molecule has 0 saturated carbocycles. The Balaban J connectivity index is 2.21. The summed E-state index contributed by atoms with van der Waals surface area (Å²) in [7, 11) is 0. The van der Waals surface area contributed by atoms with Crippen molar-refractivity contribution in [1.29, 1.82) is 0 Å². The number of fused-ring (bicyclic) bond motifs is 1. The third-order valence-corrected chi connectivity index (χ3v) is 3.50. The van der Waals surface area contributed by atoms with E-state index in [9.17, 15) is 24.9 Å². The number of H-pyrrole nitrogens is 1. The predicted molar refractivity (Wildman–Crippen MR) is 83.1 cm³/mol. The van der Waals surface area contributed by atoms with Gasteiger partial charge in [-0.25, -0.2) is 0 Å². The fraction of sp³-hybridized carbons (Fsp3) is 0.333. The summed E-state index contributed by atoms with van der Waals surface area (Å²) in [5.41, 5.74) is 0.696. The van der Waals surface area contributed by atoms with Crippen LogP contribution in [0.1, 0.15) is 0 Å². The summed E-state index contributed by atoms with van der Waals surface area (Å²) in [4.78, 5) is 25.1. The van der Waals surface area contributed by atoms with Crippen LogP contribution in [0.4, 0.5) is 5.69 Å². The smallest absolute Gasteiger partial charge is 0.248 e. The number of aliphatic hydroxyl groups excluding tert-OH is 4. The van der Waals surface area contributed by atoms with E-state index in [1.807, 2.05) is 0 Å². The van der Waals surface area contributed by atoms with E-state index in [0.29, 0.717) is 17.5 Å². The predicted octanol–water partition coefficient (Wildman–Crippen LogP) is -1.42. The maximum Gasteiger partial charge on any atom is 0.248 e. The molecule has 0 spiro atoms. The second-order valence-corrected chi connectivity index (χ2v) is 5.16. The van der Waals surface area contributed by atoms with Gasteiger partial charge in [-0.1, -0.05) is 6.07 Å². The first-order chi connectivity index (χ1) is 11.0. The van der Waals surface area contributed by atoms with E-state index in [0.717, 1.165) is 5.39 Å². The highest BCUT2D eigenvalue weighted by Crippen LogP contribution is 2.18. The summed E-state index contributed by atoms with van der Waals surface area (Å²) in [5, 5.41) is 41.2. The molecule has 8 nitrogen and oxygen atoms in total. The molecule has 8 heteroatoms. The Morgan fingerprint density at radius 1 is 1.13 bits per heavy atom. The lowest BCUT2D eigenvalue weighted by molar-refractivity contribution is -0.117. The monoisotopic (exact) mass is 322 g/mol. The van der Waals surface area contributed by atoms with E-state index in [1.54, 1.807) is 24.3 Å². The molecule has 1 aromatic carbocycles. The summed E-state index contributed by atoms with van der Waals surface area (Å²) in [6.45, 7) is -0.749. The van der Waals surface area contributed by atoms with Crippen molar-refractivity contribution in [2.24, 2.45) is 0 Å². The number of aromatic nitrogens is 1. The van der Waals surface area contributed by atoms with Crippen LogP contribution in [-0.4, -0.2) is 62.7 Å². The normalized spacial score (nSPS) is 16.5. The number of hydrogen-bond donors (Lipinski definition) is 6. The minimum Gasteiger partial charge on any atom is -0.394 e. The number of pyridine rings is 1. The molecule has 23 heavy (non-hydrogen) atoms. The fourth-order valence-corrected chi connectivity index (χ4v) is 2.18. The van der Waals surface area contributed by atoms with Gasteiger partial charge in [0.2, 0.25) is 5.56 Å². The summed E-state index contributed by atoms with van der Waals surface area (Å²) >= 11 is 0. The number of carbonyl (C=O) groups excluding carboxylic acids is 1. The van der Waals surface area contributed by atoms with Gasteiger partial charge in [0.15, 0.2) is 0 Å². The van der Waals surface area contributed by atoms with Crippen molar-refractivity contribution < 1.29 is 25.2 Å². The van der Waals surface area contributed by atoms with Crippen molar-refractivity contribution in [2.75, 3.05) is 11.9 Å². The van der Waals surface area contributed by atoms with Crippen LogP contribution in [0.15, 0.2) is 35.1 Å². The molecule has 2 rings (SSSR count). The van der Waals surface area contributed by atoms with E-state index < -0.39 is 31.0 Å². The van der Waals surface area contributed by atoms with Crippen LogP contribution in [0.25, 0.3) is 10.9 Å². The first-order valence-electron chi connectivity index (χ1n) is 6.96. The van der Waals surface area contributed by atoms with Gasteiger partial charge in [-0.2, -0.15) is 0 Å². The van der Waals surface area contributed by atoms with Crippen LogP contribution in [0, 0.1) is 0 Å². The second kappa shape index (κ2) is 7.34. The highest BCUT2D eigenvalue weighted by molar-refractivity contribution is 5.82.